The Hall–Kier alpha value is -2.29. The lowest BCUT2D eigenvalue weighted by atomic mass is 10.2. The van der Waals surface area contributed by atoms with Gasteiger partial charge in [0.1, 0.15) is 6.42 Å². The van der Waals surface area contributed by atoms with E-state index in [2.05, 4.69) is 9.47 Å². The molecule has 0 N–H and O–H groups in total. The zero-order valence-corrected chi connectivity index (χ0v) is 9.96. The molecule has 18 heavy (non-hydrogen) atoms. The largest absolute Gasteiger partial charge is 0.532 e. The summed E-state index contributed by atoms with van der Waals surface area (Å²) in [6.07, 6.45) is -3.22. The molecule has 0 bridgehead atoms. The number of barbiturate groups is 1. The molecule has 98 valence electrons. The van der Waals surface area contributed by atoms with Crippen molar-refractivity contribution in [2.24, 2.45) is 0 Å². The van der Waals surface area contributed by atoms with Crippen molar-refractivity contribution in [3.63, 3.8) is 0 Å². The molecule has 0 aliphatic carbocycles. The molecule has 0 aromatic carbocycles. The maximum absolute atomic E-state index is 11.9. The first kappa shape index (κ1) is 13.8. The zero-order chi connectivity index (χ0) is 14.1. The minimum Gasteiger partial charge on any atom is -0.452 e. The van der Waals surface area contributed by atoms with Gasteiger partial charge < -0.3 is 9.47 Å². The van der Waals surface area contributed by atoms with Gasteiger partial charge in [-0.15, -0.1) is 4.90 Å². The van der Waals surface area contributed by atoms with E-state index in [4.69, 9.17) is 0 Å². The van der Waals surface area contributed by atoms with E-state index in [1.54, 1.807) is 0 Å². The number of amides is 6. The normalized spacial score (nSPS) is 23.9. The van der Waals surface area contributed by atoms with Crippen LogP contribution in [0.25, 0.3) is 0 Å². The van der Waals surface area contributed by atoms with Crippen LogP contribution in [0.15, 0.2) is 0 Å². The summed E-state index contributed by atoms with van der Waals surface area (Å²) >= 11 is 0. The molecule has 0 aromatic rings. The highest BCUT2D eigenvalue weighted by Crippen LogP contribution is 2.21. The third-order valence-corrected chi connectivity index (χ3v) is 2.52. The first-order chi connectivity index (χ1) is 8.30. The van der Waals surface area contributed by atoms with Crippen molar-refractivity contribution in [1.82, 2.24) is 4.90 Å². The van der Waals surface area contributed by atoms with Crippen molar-refractivity contribution in [3.8, 4) is 0 Å². The Labute approximate surface area is 101 Å². The van der Waals surface area contributed by atoms with Crippen molar-refractivity contribution in [2.45, 2.75) is 6.42 Å². The Kier molecular flexibility index (Phi) is 3.47. The monoisotopic (exact) mass is 259 g/mol. The number of carbonyl (C=O) groups excluding carboxylic acids is 5. The number of carbonyl (C=O) groups is 5. The first-order valence-electron chi connectivity index (χ1n) is 4.74. The van der Waals surface area contributed by atoms with Crippen molar-refractivity contribution in [3.05, 3.63) is 0 Å². The number of hydrogen-bond acceptors (Lipinski definition) is 7. The summed E-state index contributed by atoms with van der Waals surface area (Å²) in [7, 11) is 2.88. The second kappa shape index (κ2) is 4.53. The number of methoxy groups -OCH3 is 2. The summed E-state index contributed by atoms with van der Waals surface area (Å²) in [6, 6.07) is -1.32. The molecule has 1 atom stereocenters. The Morgan fingerprint density at radius 1 is 1.17 bits per heavy atom. The minimum atomic E-state index is -1.45. The van der Waals surface area contributed by atoms with Gasteiger partial charge in [-0.05, 0) is 0 Å². The molecule has 0 radical (unpaired) electrons. The third-order valence-electron chi connectivity index (χ3n) is 2.52. The molecular weight excluding hydrogens is 248 g/mol. The molecule has 1 heterocycles. The Bertz CT molecular complexity index is 458. The molecule has 9 nitrogen and oxygen atoms in total. The molecule has 6 amide bonds. The summed E-state index contributed by atoms with van der Waals surface area (Å²) in [4.78, 5) is 57.9. The summed E-state index contributed by atoms with van der Waals surface area (Å²) in [5, 5.41) is 0. The molecule has 1 rings (SSSR count). The number of urea groups is 1. The van der Waals surface area contributed by atoms with Gasteiger partial charge in [0, 0.05) is 0 Å². The van der Waals surface area contributed by atoms with Crippen LogP contribution in [0.3, 0.4) is 0 Å². The zero-order valence-electron chi connectivity index (χ0n) is 9.96. The smallest absolute Gasteiger partial charge is 0.452 e. The van der Waals surface area contributed by atoms with Crippen LogP contribution in [-0.4, -0.2) is 60.7 Å². The molecule has 9 heteroatoms. The van der Waals surface area contributed by atoms with Crippen LogP contribution in [0.1, 0.15) is 6.42 Å². The second-order valence-corrected chi connectivity index (χ2v) is 3.53. The van der Waals surface area contributed by atoms with Crippen molar-refractivity contribution < 1.29 is 37.9 Å². The minimum absolute atomic E-state index is 0.109. The summed E-state index contributed by atoms with van der Waals surface area (Å²) < 4.78 is 7.13. The van der Waals surface area contributed by atoms with Gasteiger partial charge in [-0.25, -0.2) is 14.4 Å². The van der Waals surface area contributed by atoms with Crippen LogP contribution >= 0.6 is 0 Å². The maximum atomic E-state index is 11.9. The molecule has 0 aromatic heterocycles. The van der Waals surface area contributed by atoms with Crippen LogP contribution in [0.5, 0.6) is 0 Å². The lowest BCUT2D eigenvalue weighted by molar-refractivity contribution is -0.680. The van der Waals surface area contributed by atoms with Crippen LogP contribution in [0, 0.1) is 0 Å². The van der Waals surface area contributed by atoms with E-state index < -0.39 is 40.9 Å². The molecule has 1 unspecified atom stereocenters. The predicted octanol–water partition coefficient (Wildman–Crippen LogP) is -0.155. The third kappa shape index (κ3) is 1.74. The average molecular weight is 259 g/mol. The fraction of sp³-hybridized carbons (Fsp3) is 0.444. The van der Waals surface area contributed by atoms with Crippen molar-refractivity contribution >= 4 is 30.0 Å². The van der Waals surface area contributed by atoms with E-state index in [0.717, 1.165) is 21.3 Å². The van der Waals surface area contributed by atoms with Crippen LogP contribution in [-0.2, 0) is 19.1 Å². The number of nitrogens with zero attached hydrogens (tertiary/aromatic N) is 2. The van der Waals surface area contributed by atoms with Crippen LogP contribution < -0.4 is 0 Å². The SMILES string of the molecule is COC(=O)N1C(=O)CC(=O)[N+](C)(C(=O)OC)C1=O. The number of rotatable bonds is 0. The summed E-state index contributed by atoms with van der Waals surface area (Å²) in [5.74, 6) is -2.02. The summed E-state index contributed by atoms with van der Waals surface area (Å²) in [6.45, 7) is 0. The predicted molar refractivity (Wildman–Crippen MR) is 52.9 cm³/mol. The van der Waals surface area contributed by atoms with Gasteiger partial charge in [0.2, 0.25) is 0 Å². The molecule has 1 aliphatic rings. The van der Waals surface area contributed by atoms with Gasteiger partial charge in [0.05, 0.1) is 21.3 Å². The van der Waals surface area contributed by atoms with Crippen molar-refractivity contribution in [1.29, 1.82) is 0 Å². The topological polar surface area (TPSA) is 107 Å². The first-order valence-corrected chi connectivity index (χ1v) is 4.74. The number of quaternary nitrogens is 1. The molecular formula is C9H11N2O7+. The van der Waals surface area contributed by atoms with Gasteiger partial charge in [-0.3, -0.25) is 4.79 Å². The molecule has 1 saturated heterocycles. The number of ether oxygens (including phenoxy) is 2. The van der Waals surface area contributed by atoms with E-state index in [-0.39, 0.29) is 4.90 Å². The number of hydrogen-bond donors (Lipinski definition) is 0. The van der Waals surface area contributed by atoms with Crippen LogP contribution in [0.4, 0.5) is 14.4 Å². The van der Waals surface area contributed by atoms with E-state index in [1.165, 1.54) is 0 Å². The van der Waals surface area contributed by atoms with Gasteiger partial charge in [-0.2, -0.15) is 4.79 Å². The summed E-state index contributed by atoms with van der Waals surface area (Å²) in [5.41, 5.74) is 0. The van der Waals surface area contributed by atoms with Gasteiger partial charge >= 0.3 is 24.1 Å². The lowest BCUT2D eigenvalue weighted by Crippen LogP contribution is -2.68. The molecule has 0 spiro atoms. The quantitative estimate of drug-likeness (QED) is 0.439. The highest BCUT2D eigenvalue weighted by atomic mass is 16.6. The standard InChI is InChI=1S/C9H11N2O7/c1-11(9(16)18-3)6(13)4-5(12)10(7(11)14)8(15)17-2/h4H2,1-3H3/q+1. The second-order valence-electron chi connectivity index (χ2n) is 3.53. The van der Waals surface area contributed by atoms with E-state index >= 15 is 0 Å². The van der Waals surface area contributed by atoms with Gasteiger partial charge in [-0.1, -0.05) is 4.48 Å². The Morgan fingerprint density at radius 2 is 1.72 bits per heavy atom. The molecule has 1 fully saturated rings. The highest BCUT2D eigenvalue weighted by Gasteiger charge is 2.60. The highest BCUT2D eigenvalue weighted by molar-refractivity contribution is 6.18. The van der Waals surface area contributed by atoms with E-state index in [1.807, 2.05) is 0 Å². The average Bonchev–Trinajstić information content (AvgIpc) is 2.34. The Morgan fingerprint density at radius 3 is 2.17 bits per heavy atom. The lowest BCUT2D eigenvalue weighted by Gasteiger charge is -2.31. The maximum Gasteiger partial charge on any atom is 0.532 e. The van der Waals surface area contributed by atoms with Crippen molar-refractivity contribution in [2.75, 3.05) is 21.3 Å². The van der Waals surface area contributed by atoms with Gasteiger partial charge in [0.15, 0.2) is 0 Å². The fourth-order valence-electron chi connectivity index (χ4n) is 1.41. The van der Waals surface area contributed by atoms with E-state index in [0.29, 0.717) is 0 Å². The Balaban J connectivity index is 3.26. The van der Waals surface area contributed by atoms with E-state index in [9.17, 15) is 24.0 Å². The van der Waals surface area contributed by atoms with Gasteiger partial charge in [0.25, 0.3) is 5.91 Å². The number of imide groups is 6. The molecule has 1 aliphatic heterocycles. The molecule has 0 saturated carbocycles. The fourth-order valence-corrected chi connectivity index (χ4v) is 1.41. The van der Waals surface area contributed by atoms with Crippen LogP contribution in [0.2, 0.25) is 0 Å².